The van der Waals surface area contributed by atoms with Crippen molar-refractivity contribution in [3.8, 4) is 6.07 Å². The first-order valence-electron chi connectivity index (χ1n) is 4.59. The fraction of sp³-hybridized carbons (Fsp3) is 0.0909. The number of aryl methyl sites for hydroxylation is 1. The Morgan fingerprint density at radius 1 is 1.50 bits per heavy atom. The van der Waals surface area contributed by atoms with Crippen LogP contribution < -0.4 is 5.32 Å². The highest BCUT2D eigenvalue weighted by atomic mass is 35.5. The van der Waals surface area contributed by atoms with Crippen molar-refractivity contribution >= 4 is 33.8 Å². The number of hydrogen-bond acceptors (Lipinski definition) is 4. The molecule has 0 bridgehead atoms. The molecule has 0 amide bonds. The number of aromatic nitrogens is 1. The molecule has 3 nitrogen and oxygen atoms in total. The SMILES string of the molecule is Cc1nsc(Nc2cccc(Cl)c2)c1C#N. The average molecular weight is 250 g/mol. The van der Waals surface area contributed by atoms with Gasteiger partial charge in [-0.05, 0) is 36.7 Å². The molecule has 1 aromatic heterocycles. The number of benzene rings is 1. The molecule has 0 spiro atoms. The molecule has 16 heavy (non-hydrogen) atoms. The smallest absolute Gasteiger partial charge is 0.132 e. The summed E-state index contributed by atoms with van der Waals surface area (Å²) in [6.45, 7) is 1.82. The van der Waals surface area contributed by atoms with E-state index in [0.29, 0.717) is 10.6 Å². The minimum Gasteiger partial charge on any atom is -0.345 e. The second-order valence-electron chi connectivity index (χ2n) is 3.22. The fourth-order valence-corrected chi connectivity index (χ4v) is 2.24. The van der Waals surface area contributed by atoms with E-state index >= 15 is 0 Å². The Morgan fingerprint density at radius 3 is 3.00 bits per heavy atom. The van der Waals surface area contributed by atoms with Crippen molar-refractivity contribution in [3.63, 3.8) is 0 Å². The van der Waals surface area contributed by atoms with Crippen molar-refractivity contribution in [1.82, 2.24) is 4.37 Å². The van der Waals surface area contributed by atoms with Crippen LogP contribution in [-0.4, -0.2) is 4.37 Å². The van der Waals surface area contributed by atoms with Crippen LogP contribution in [0.3, 0.4) is 0 Å². The first-order valence-corrected chi connectivity index (χ1v) is 5.75. The summed E-state index contributed by atoms with van der Waals surface area (Å²) in [6, 6.07) is 9.48. The van der Waals surface area contributed by atoms with Crippen LogP contribution >= 0.6 is 23.1 Å². The summed E-state index contributed by atoms with van der Waals surface area (Å²) in [5.74, 6) is 0. The quantitative estimate of drug-likeness (QED) is 0.883. The Labute approximate surface area is 102 Å². The number of nitrogens with zero attached hydrogens (tertiary/aromatic N) is 2. The average Bonchev–Trinajstić information content (AvgIpc) is 2.59. The van der Waals surface area contributed by atoms with Crippen molar-refractivity contribution in [3.05, 3.63) is 40.5 Å². The zero-order valence-corrected chi connectivity index (χ0v) is 10.1. The van der Waals surface area contributed by atoms with Gasteiger partial charge in [-0.3, -0.25) is 0 Å². The second kappa shape index (κ2) is 4.52. The van der Waals surface area contributed by atoms with E-state index in [1.165, 1.54) is 11.5 Å². The second-order valence-corrected chi connectivity index (χ2v) is 4.43. The van der Waals surface area contributed by atoms with Gasteiger partial charge in [-0.25, -0.2) is 0 Å². The standard InChI is InChI=1S/C11H8ClN3S/c1-7-10(6-13)11(16-15-7)14-9-4-2-3-8(12)5-9/h2-5,14H,1H3. The molecule has 0 aliphatic heterocycles. The van der Waals surface area contributed by atoms with E-state index < -0.39 is 0 Å². The number of rotatable bonds is 2. The van der Waals surface area contributed by atoms with Gasteiger partial charge in [-0.2, -0.15) is 9.64 Å². The zero-order valence-electron chi connectivity index (χ0n) is 8.49. The van der Waals surface area contributed by atoms with Crippen molar-refractivity contribution in [2.45, 2.75) is 6.92 Å². The first kappa shape index (κ1) is 10.9. The summed E-state index contributed by atoms with van der Waals surface area (Å²) in [4.78, 5) is 0. The number of hydrogen-bond donors (Lipinski definition) is 1. The molecule has 0 aliphatic rings. The van der Waals surface area contributed by atoms with Gasteiger partial charge in [0.25, 0.3) is 0 Å². The molecular formula is C11H8ClN3S. The Kier molecular flexibility index (Phi) is 3.09. The molecule has 0 saturated heterocycles. The van der Waals surface area contributed by atoms with Gasteiger partial charge in [-0.1, -0.05) is 17.7 Å². The Bertz CT molecular complexity index is 557. The molecule has 0 saturated carbocycles. The summed E-state index contributed by atoms with van der Waals surface area (Å²) in [6.07, 6.45) is 0. The van der Waals surface area contributed by atoms with Gasteiger partial charge in [-0.15, -0.1) is 0 Å². The van der Waals surface area contributed by atoms with Crippen molar-refractivity contribution in [2.24, 2.45) is 0 Å². The molecule has 1 N–H and O–H groups in total. The highest BCUT2D eigenvalue weighted by Crippen LogP contribution is 2.28. The van der Waals surface area contributed by atoms with E-state index in [1.807, 2.05) is 19.1 Å². The van der Waals surface area contributed by atoms with E-state index in [9.17, 15) is 0 Å². The van der Waals surface area contributed by atoms with Crippen LogP contribution in [0.5, 0.6) is 0 Å². The third-order valence-electron chi connectivity index (χ3n) is 2.06. The summed E-state index contributed by atoms with van der Waals surface area (Å²) in [5, 5.41) is 13.5. The van der Waals surface area contributed by atoms with Gasteiger partial charge >= 0.3 is 0 Å². The molecule has 2 rings (SSSR count). The largest absolute Gasteiger partial charge is 0.345 e. The molecule has 0 unspecified atom stereocenters. The summed E-state index contributed by atoms with van der Waals surface area (Å²) < 4.78 is 4.13. The van der Waals surface area contributed by atoms with Crippen LogP contribution in [0.2, 0.25) is 5.02 Å². The fourth-order valence-electron chi connectivity index (χ4n) is 1.28. The molecule has 80 valence electrons. The number of nitrogens with one attached hydrogen (secondary N) is 1. The van der Waals surface area contributed by atoms with Crippen LogP contribution in [0, 0.1) is 18.3 Å². The summed E-state index contributed by atoms with van der Waals surface area (Å²) >= 11 is 7.15. The minimum atomic E-state index is 0.588. The van der Waals surface area contributed by atoms with E-state index in [2.05, 4.69) is 15.8 Å². The summed E-state index contributed by atoms with van der Waals surface area (Å²) in [5.41, 5.74) is 2.19. The van der Waals surface area contributed by atoms with E-state index in [-0.39, 0.29) is 0 Å². The molecule has 1 heterocycles. The van der Waals surface area contributed by atoms with Gasteiger partial charge in [0.1, 0.15) is 16.6 Å². The van der Waals surface area contributed by atoms with Crippen molar-refractivity contribution in [1.29, 1.82) is 5.26 Å². The molecule has 5 heteroatoms. The maximum Gasteiger partial charge on any atom is 0.132 e. The zero-order chi connectivity index (χ0) is 11.5. The highest BCUT2D eigenvalue weighted by Gasteiger charge is 2.09. The first-order chi connectivity index (χ1) is 7.70. The molecular weight excluding hydrogens is 242 g/mol. The van der Waals surface area contributed by atoms with Crippen LogP contribution in [0.4, 0.5) is 10.7 Å². The molecule has 0 fully saturated rings. The normalized spacial score (nSPS) is 9.81. The third-order valence-corrected chi connectivity index (χ3v) is 3.15. The van der Waals surface area contributed by atoms with Crippen LogP contribution in [-0.2, 0) is 0 Å². The molecule has 0 aliphatic carbocycles. The molecule has 0 atom stereocenters. The number of nitriles is 1. The van der Waals surface area contributed by atoms with Crippen molar-refractivity contribution < 1.29 is 0 Å². The van der Waals surface area contributed by atoms with Crippen molar-refractivity contribution in [2.75, 3.05) is 5.32 Å². The van der Waals surface area contributed by atoms with Crippen LogP contribution in [0.15, 0.2) is 24.3 Å². The highest BCUT2D eigenvalue weighted by molar-refractivity contribution is 7.10. The molecule has 2 aromatic rings. The lowest BCUT2D eigenvalue weighted by atomic mass is 10.2. The monoisotopic (exact) mass is 249 g/mol. The maximum atomic E-state index is 8.97. The number of anilines is 2. The van der Waals surface area contributed by atoms with E-state index in [1.54, 1.807) is 12.1 Å². The van der Waals surface area contributed by atoms with E-state index in [4.69, 9.17) is 16.9 Å². The lowest BCUT2D eigenvalue weighted by Gasteiger charge is -2.03. The maximum absolute atomic E-state index is 8.97. The van der Waals surface area contributed by atoms with Gasteiger partial charge in [0, 0.05) is 10.7 Å². The number of halogens is 1. The minimum absolute atomic E-state index is 0.588. The summed E-state index contributed by atoms with van der Waals surface area (Å²) in [7, 11) is 0. The van der Waals surface area contributed by atoms with Gasteiger partial charge in [0.2, 0.25) is 0 Å². The predicted octanol–water partition coefficient (Wildman–Crippen LogP) is 3.72. The Hall–Kier alpha value is -1.57. The Balaban J connectivity index is 2.31. The lowest BCUT2D eigenvalue weighted by molar-refractivity contribution is 1.31. The predicted molar refractivity (Wildman–Crippen MR) is 66.3 cm³/mol. The third kappa shape index (κ3) is 2.16. The molecule has 1 aromatic carbocycles. The van der Waals surface area contributed by atoms with Crippen LogP contribution in [0.25, 0.3) is 0 Å². The lowest BCUT2D eigenvalue weighted by Crippen LogP contribution is -1.89. The Morgan fingerprint density at radius 2 is 2.31 bits per heavy atom. The van der Waals surface area contributed by atoms with E-state index in [0.717, 1.165) is 16.4 Å². The van der Waals surface area contributed by atoms with Crippen LogP contribution in [0.1, 0.15) is 11.3 Å². The van der Waals surface area contributed by atoms with Gasteiger partial charge < -0.3 is 5.32 Å². The topological polar surface area (TPSA) is 48.7 Å². The van der Waals surface area contributed by atoms with Gasteiger partial charge in [0.15, 0.2) is 0 Å². The molecule has 0 radical (unpaired) electrons. The van der Waals surface area contributed by atoms with Gasteiger partial charge in [0.05, 0.1) is 5.69 Å².